The molecule has 1 aliphatic heterocycles. The molecule has 0 spiro atoms. The van der Waals surface area contributed by atoms with Gasteiger partial charge in [0.2, 0.25) is 0 Å². The zero-order valence-electron chi connectivity index (χ0n) is 33.2. The van der Waals surface area contributed by atoms with Gasteiger partial charge in [0.25, 0.3) is 17.7 Å². The molecule has 9 nitrogen and oxygen atoms in total. The summed E-state index contributed by atoms with van der Waals surface area (Å²) in [5, 5.41) is 13.0. The summed E-state index contributed by atoms with van der Waals surface area (Å²) in [6.07, 6.45) is 13.0. The fourth-order valence-electron chi connectivity index (χ4n) is 6.67. The first kappa shape index (κ1) is 42.6. The van der Waals surface area contributed by atoms with Crippen LogP contribution in [-0.4, -0.2) is 53.0 Å². The number of hydrogen-bond acceptors (Lipinski definition) is 8. The molecule has 0 saturated heterocycles. The van der Waals surface area contributed by atoms with E-state index in [0.29, 0.717) is 30.3 Å². The summed E-state index contributed by atoms with van der Waals surface area (Å²) in [6.45, 7) is 19.3. The van der Waals surface area contributed by atoms with Gasteiger partial charge in [-0.15, -0.1) is 0 Å². The maximum absolute atomic E-state index is 14.6. The molecule has 0 radical (unpaired) electrons. The maximum Gasteiger partial charge on any atom is 0.292 e. The Bertz CT molecular complexity index is 1580. The number of benzene rings is 1. The number of nitrogens with zero attached hydrogens (tertiary/aromatic N) is 5. The van der Waals surface area contributed by atoms with Crippen LogP contribution in [0.25, 0.3) is 6.08 Å². The predicted octanol–water partition coefficient (Wildman–Crippen LogP) is 9.63. The van der Waals surface area contributed by atoms with Crippen molar-refractivity contribution in [3.8, 4) is 6.07 Å². The molecule has 0 fully saturated rings. The number of anilines is 1. The predicted molar refractivity (Wildman–Crippen MR) is 213 cm³/mol. The number of imide groups is 1. The van der Waals surface area contributed by atoms with Crippen molar-refractivity contribution in [2.45, 2.75) is 131 Å². The molecule has 284 valence electrons. The van der Waals surface area contributed by atoms with Gasteiger partial charge in [0.05, 0.1) is 10.6 Å². The minimum absolute atomic E-state index is 0.132. The lowest BCUT2D eigenvalue weighted by molar-refractivity contribution is -0.159. The topological polar surface area (TPSA) is 110 Å². The van der Waals surface area contributed by atoms with Crippen molar-refractivity contribution in [1.29, 1.82) is 5.26 Å². The Morgan fingerprint density at radius 3 is 2.00 bits per heavy atom. The summed E-state index contributed by atoms with van der Waals surface area (Å²) in [4.78, 5) is 50.9. The van der Waals surface area contributed by atoms with E-state index in [4.69, 9.17) is 4.98 Å². The molecule has 2 aromatic rings. The Kier molecular flexibility index (Phi) is 16.7. The number of rotatable bonds is 20. The Balaban J connectivity index is 2.26. The number of nitriles is 1. The highest BCUT2D eigenvalue weighted by Crippen LogP contribution is 2.39. The standard InChI is InChI=1S/C42H62N6O3S/c1-10-15-21-30(13-4)28-46(29-31(14-5)22-16-11-2)41-45-37(42(6,7)8)36(52-41)26-34-33(25-17-12-3)35(27-43)40(51)47(39(34)50)48(44-9)38(49)32-23-19-18-20-24-32/h18-20,23-24,26,30-31,44H,10-17,21-22,25,28-29H2,1-9H3/b34-26-. The van der Waals surface area contributed by atoms with Crippen molar-refractivity contribution in [2.24, 2.45) is 11.8 Å². The smallest absolute Gasteiger partial charge is 0.292 e. The number of carbonyl (C=O) groups excluding carboxylic acids is 3. The molecule has 52 heavy (non-hydrogen) atoms. The summed E-state index contributed by atoms with van der Waals surface area (Å²) in [7, 11) is 1.48. The fourth-order valence-corrected chi connectivity index (χ4v) is 7.91. The van der Waals surface area contributed by atoms with Crippen LogP contribution in [0.5, 0.6) is 0 Å². The zero-order chi connectivity index (χ0) is 38.4. The number of nitrogens with one attached hydrogen (secondary N) is 1. The van der Waals surface area contributed by atoms with Crippen LogP contribution in [0.15, 0.2) is 47.1 Å². The highest BCUT2D eigenvalue weighted by molar-refractivity contribution is 7.16. The Hall–Kier alpha value is -3.81. The lowest BCUT2D eigenvalue weighted by Crippen LogP contribution is -2.60. The molecule has 1 aromatic heterocycles. The van der Waals surface area contributed by atoms with Crippen molar-refractivity contribution in [1.82, 2.24) is 20.5 Å². The third-order valence-electron chi connectivity index (χ3n) is 9.92. The minimum Gasteiger partial charge on any atom is -0.348 e. The van der Waals surface area contributed by atoms with Gasteiger partial charge in [0.15, 0.2) is 5.13 Å². The zero-order valence-corrected chi connectivity index (χ0v) is 34.0. The van der Waals surface area contributed by atoms with E-state index in [1.807, 2.05) is 13.0 Å². The molecule has 3 amide bonds. The third-order valence-corrected chi connectivity index (χ3v) is 11.0. The highest BCUT2D eigenvalue weighted by atomic mass is 32.1. The summed E-state index contributed by atoms with van der Waals surface area (Å²) >= 11 is 1.58. The van der Waals surface area contributed by atoms with Crippen molar-refractivity contribution in [3.05, 3.63) is 63.2 Å². The van der Waals surface area contributed by atoms with Crippen LogP contribution in [-0.2, 0) is 15.0 Å². The van der Waals surface area contributed by atoms with Gasteiger partial charge < -0.3 is 4.90 Å². The molecule has 10 heteroatoms. The van der Waals surface area contributed by atoms with Crippen molar-refractivity contribution >= 4 is 40.3 Å². The SMILES string of the molecule is CCCCC1=C(C#N)C(=O)N(N(NC)C(=O)c2ccccc2)C(=O)/C1=C\c1sc(N(CC(CC)CCCC)CC(CC)CCCC)nc1C(C)(C)C. The summed E-state index contributed by atoms with van der Waals surface area (Å²) in [5.74, 6) is -0.980. The lowest BCUT2D eigenvalue weighted by Gasteiger charge is -2.35. The van der Waals surface area contributed by atoms with E-state index in [1.165, 1.54) is 45.6 Å². The number of aromatic nitrogens is 1. The van der Waals surface area contributed by atoms with Crippen molar-refractivity contribution in [3.63, 3.8) is 0 Å². The lowest BCUT2D eigenvalue weighted by atomic mass is 9.88. The summed E-state index contributed by atoms with van der Waals surface area (Å²) in [5.41, 5.74) is 4.06. The van der Waals surface area contributed by atoms with Crippen LogP contribution in [0.2, 0.25) is 0 Å². The molecule has 2 heterocycles. The number of hydrazine groups is 2. The van der Waals surface area contributed by atoms with Gasteiger partial charge in [-0.1, -0.05) is 130 Å². The van der Waals surface area contributed by atoms with Crippen molar-refractivity contribution in [2.75, 3.05) is 25.0 Å². The average Bonchev–Trinajstić information content (AvgIpc) is 3.58. The second kappa shape index (κ2) is 20.4. The molecule has 0 bridgehead atoms. The molecule has 0 aliphatic carbocycles. The Labute approximate surface area is 317 Å². The maximum atomic E-state index is 14.6. The first-order valence-corrected chi connectivity index (χ1v) is 20.3. The molecule has 2 unspecified atom stereocenters. The second-order valence-electron chi connectivity index (χ2n) is 15.0. The van der Waals surface area contributed by atoms with Gasteiger partial charge in [-0.3, -0.25) is 14.4 Å². The number of amides is 3. The first-order chi connectivity index (χ1) is 24.9. The normalized spacial score (nSPS) is 15.6. The largest absolute Gasteiger partial charge is 0.348 e. The molecule has 1 aliphatic rings. The van der Waals surface area contributed by atoms with Gasteiger partial charge in [0.1, 0.15) is 11.6 Å². The van der Waals surface area contributed by atoms with E-state index < -0.39 is 17.7 Å². The van der Waals surface area contributed by atoms with Crippen LogP contribution in [0.4, 0.5) is 5.13 Å². The van der Waals surface area contributed by atoms with Gasteiger partial charge in [-0.25, -0.2) is 10.4 Å². The quantitative estimate of drug-likeness (QED) is 0.0821. The van der Waals surface area contributed by atoms with Crippen LogP contribution in [0, 0.1) is 23.2 Å². The number of unbranched alkanes of at least 4 members (excludes halogenated alkanes) is 3. The Morgan fingerprint density at radius 1 is 0.942 bits per heavy atom. The average molecular weight is 731 g/mol. The van der Waals surface area contributed by atoms with Crippen LogP contribution < -0.4 is 10.3 Å². The van der Waals surface area contributed by atoms with Crippen LogP contribution >= 0.6 is 11.3 Å². The highest BCUT2D eigenvalue weighted by Gasteiger charge is 2.42. The van der Waals surface area contributed by atoms with Crippen LogP contribution in [0.1, 0.15) is 147 Å². The minimum atomic E-state index is -0.822. The van der Waals surface area contributed by atoms with Gasteiger partial charge in [0, 0.05) is 36.7 Å². The van der Waals surface area contributed by atoms with Gasteiger partial charge in [-0.2, -0.15) is 15.4 Å². The van der Waals surface area contributed by atoms with E-state index in [1.54, 1.807) is 41.7 Å². The van der Waals surface area contributed by atoms with E-state index in [0.717, 1.165) is 58.2 Å². The molecule has 3 rings (SSSR count). The molecular formula is C42H62N6O3S. The summed E-state index contributed by atoms with van der Waals surface area (Å²) in [6, 6.07) is 10.6. The van der Waals surface area contributed by atoms with E-state index in [2.05, 4.69) is 64.9 Å². The fraction of sp³-hybridized carbons (Fsp3) is 0.595. The molecule has 0 saturated carbocycles. The van der Waals surface area contributed by atoms with Gasteiger partial charge >= 0.3 is 0 Å². The first-order valence-electron chi connectivity index (χ1n) is 19.5. The number of hydrogen-bond donors (Lipinski definition) is 1. The number of carbonyl (C=O) groups is 3. The van der Waals surface area contributed by atoms with E-state index >= 15 is 0 Å². The number of thiazole rings is 1. The van der Waals surface area contributed by atoms with Crippen LogP contribution in [0.3, 0.4) is 0 Å². The summed E-state index contributed by atoms with van der Waals surface area (Å²) < 4.78 is 0. The Morgan fingerprint density at radius 2 is 1.52 bits per heavy atom. The van der Waals surface area contributed by atoms with Crippen molar-refractivity contribution < 1.29 is 14.4 Å². The van der Waals surface area contributed by atoms with E-state index in [9.17, 15) is 19.6 Å². The third kappa shape index (κ3) is 10.6. The molecule has 1 N–H and O–H groups in total. The van der Waals surface area contributed by atoms with E-state index in [-0.39, 0.29) is 22.1 Å². The molecule has 2 atom stereocenters. The molecule has 1 aromatic carbocycles. The second-order valence-corrected chi connectivity index (χ2v) is 16.0. The monoisotopic (exact) mass is 730 g/mol. The van der Waals surface area contributed by atoms with Gasteiger partial charge in [-0.05, 0) is 61.3 Å². The molecular weight excluding hydrogens is 669 g/mol.